The average Bonchev–Trinajstić information content (AvgIpc) is 3.08. The van der Waals surface area contributed by atoms with Gasteiger partial charge in [0.25, 0.3) is 0 Å². The van der Waals surface area contributed by atoms with Gasteiger partial charge in [-0.2, -0.15) is 0 Å². The fourth-order valence-electron chi connectivity index (χ4n) is 2.51. The molecular formula is C17H17ClN4OS. The topological polar surface area (TPSA) is 63.6 Å². The van der Waals surface area contributed by atoms with Crippen molar-refractivity contribution < 1.29 is 4.79 Å². The number of nitrogens with one attached hydrogen (secondary N) is 1. The van der Waals surface area contributed by atoms with Crippen molar-refractivity contribution in [2.24, 2.45) is 7.05 Å². The highest BCUT2D eigenvalue weighted by molar-refractivity contribution is 7.99. The van der Waals surface area contributed by atoms with Crippen molar-refractivity contribution in [3.8, 4) is 11.4 Å². The molecule has 24 heavy (non-hydrogen) atoms. The minimum Gasteiger partial charge on any atom is -0.362 e. The monoisotopic (exact) mass is 360 g/mol. The summed E-state index contributed by atoms with van der Waals surface area (Å²) in [5, 5.41) is 9.80. The summed E-state index contributed by atoms with van der Waals surface area (Å²) in [5.41, 5.74) is 3.56. The summed E-state index contributed by atoms with van der Waals surface area (Å²) in [6, 6.07) is 9.32. The maximum atomic E-state index is 12.4. The predicted octanol–water partition coefficient (Wildman–Crippen LogP) is 4.06. The van der Waals surface area contributed by atoms with Crippen molar-refractivity contribution in [3.05, 3.63) is 52.3 Å². The first kappa shape index (κ1) is 16.8. The van der Waals surface area contributed by atoms with Crippen LogP contribution in [0.3, 0.4) is 0 Å². The molecular weight excluding hydrogens is 344 g/mol. The highest BCUT2D eigenvalue weighted by atomic mass is 35.5. The number of nitrogens with zero attached hydrogens (tertiary/aromatic N) is 3. The van der Waals surface area contributed by atoms with Crippen LogP contribution in [0.1, 0.15) is 21.7 Å². The highest BCUT2D eigenvalue weighted by Gasteiger charge is 2.16. The number of benzene rings is 1. The lowest BCUT2D eigenvalue weighted by molar-refractivity contribution is 0.102. The van der Waals surface area contributed by atoms with Gasteiger partial charge < -0.3 is 9.55 Å². The molecule has 2 aromatic heterocycles. The molecule has 0 atom stereocenters. The number of aromatic amines is 1. The van der Waals surface area contributed by atoms with Crippen LogP contribution in [0.15, 0.2) is 35.5 Å². The van der Waals surface area contributed by atoms with Crippen LogP contribution in [0.5, 0.6) is 0 Å². The predicted molar refractivity (Wildman–Crippen MR) is 96.8 cm³/mol. The van der Waals surface area contributed by atoms with Gasteiger partial charge in [0.05, 0.1) is 5.75 Å². The van der Waals surface area contributed by atoms with Crippen LogP contribution in [-0.2, 0) is 7.05 Å². The Morgan fingerprint density at radius 2 is 1.96 bits per heavy atom. The molecule has 0 fully saturated rings. The third-order valence-corrected chi connectivity index (χ3v) is 4.99. The van der Waals surface area contributed by atoms with E-state index in [9.17, 15) is 4.79 Å². The average molecular weight is 361 g/mol. The number of rotatable bonds is 5. The number of hydrogen-bond donors (Lipinski definition) is 1. The Bertz CT molecular complexity index is 883. The lowest BCUT2D eigenvalue weighted by atomic mass is 10.2. The number of carbonyl (C=O) groups is 1. The van der Waals surface area contributed by atoms with Crippen molar-refractivity contribution >= 4 is 29.1 Å². The van der Waals surface area contributed by atoms with Crippen molar-refractivity contribution in [1.29, 1.82) is 0 Å². The lowest BCUT2D eigenvalue weighted by Gasteiger charge is -2.04. The second-order valence-corrected chi connectivity index (χ2v) is 6.95. The van der Waals surface area contributed by atoms with Gasteiger partial charge in [-0.3, -0.25) is 4.79 Å². The summed E-state index contributed by atoms with van der Waals surface area (Å²) < 4.78 is 1.89. The van der Waals surface area contributed by atoms with E-state index >= 15 is 0 Å². The van der Waals surface area contributed by atoms with Crippen LogP contribution in [0.25, 0.3) is 11.4 Å². The lowest BCUT2D eigenvalue weighted by Crippen LogP contribution is -2.04. The van der Waals surface area contributed by atoms with Gasteiger partial charge in [-0.05, 0) is 44.2 Å². The van der Waals surface area contributed by atoms with E-state index in [-0.39, 0.29) is 5.78 Å². The minimum atomic E-state index is 0.0814. The zero-order chi connectivity index (χ0) is 17.3. The van der Waals surface area contributed by atoms with E-state index in [0.29, 0.717) is 15.9 Å². The van der Waals surface area contributed by atoms with Gasteiger partial charge in [-0.15, -0.1) is 10.2 Å². The third-order valence-electron chi connectivity index (χ3n) is 3.72. The fraction of sp³-hybridized carbons (Fsp3) is 0.235. The maximum absolute atomic E-state index is 12.4. The first-order valence-corrected chi connectivity index (χ1v) is 8.79. The highest BCUT2D eigenvalue weighted by Crippen LogP contribution is 2.24. The number of thioether (sulfide) groups is 1. The van der Waals surface area contributed by atoms with Crippen LogP contribution in [0.2, 0.25) is 5.02 Å². The number of Topliss-reactive ketones (excluding diaryl/α,β-unsaturated/α-hetero) is 1. The number of aromatic nitrogens is 4. The third kappa shape index (κ3) is 3.39. The minimum absolute atomic E-state index is 0.0814. The molecule has 0 aliphatic carbocycles. The Balaban J connectivity index is 1.74. The number of aryl methyl sites for hydroxylation is 2. The maximum Gasteiger partial charge on any atom is 0.191 e. The van der Waals surface area contributed by atoms with Crippen LogP contribution in [0, 0.1) is 13.8 Å². The number of hydrogen-bond acceptors (Lipinski definition) is 4. The van der Waals surface area contributed by atoms with Gasteiger partial charge in [0, 0.05) is 34.6 Å². The molecule has 0 aliphatic rings. The molecule has 3 aromatic rings. The zero-order valence-corrected chi connectivity index (χ0v) is 15.2. The van der Waals surface area contributed by atoms with Gasteiger partial charge in [0.1, 0.15) is 0 Å². The molecule has 2 heterocycles. The Hall–Kier alpha value is -2.05. The summed E-state index contributed by atoms with van der Waals surface area (Å²) in [6.07, 6.45) is 0. The van der Waals surface area contributed by atoms with Crippen LogP contribution < -0.4 is 0 Å². The van der Waals surface area contributed by atoms with E-state index in [4.69, 9.17) is 11.6 Å². The van der Waals surface area contributed by atoms with E-state index in [1.807, 2.05) is 55.8 Å². The van der Waals surface area contributed by atoms with Crippen molar-refractivity contribution in [2.75, 3.05) is 5.75 Å². The standard InChI is InChI=1S/C17H17ClN4OS/c1-10-8-14(11(2)19-10)15(23)9-24-17-21-20-16(22(17)3)12-4-6-13(18)7-5-12/h4-8,19H,9H2,1-3H3. The summed E-state index contributed by atoms with van der Waals surface area (Å²) >= 11 is 7.30. The van der Waals surface area contributed by atoms with Crippen LogP contribution >= 0.6 is 23.4 Å². The smallest absolute Gasteiger partial charge is 0.191 e. The van der Waals surface area contributed by atoms with E-state index in [1.165, 1.54) is 11.8 Å². The second-order valence-electron chi connectivity index (χ2n) is 5.57. The van der Waals surface area contributed by atoms with Gasteiger partial charge in [0.15, 0.2) is 16.8 Å². The number of halogens is 1. The van der Waals surface area contributed by atoms with Crippen LogP contribution in [0.4, 0.5) is 0 Å². The van der Waals surface area contributed by atoms with E-state index in [2.05, 4.69) is 15.2 Å². The first-order chi connectivity index (χ1) is 11.5. The summed E-state index contributed by atoms with van der Waals surface area (Å²) in [7, 11) is 1.89. The zero-order valence-electron chi connectivity index (χ0n) is 13.6. The molecule has 0 saturated carbocycles. The molecule has 0 radical (unpaired) electrons. The molecule has 1 aromatic carbocycles. The van der Waals surface area contributed by atoms with Crippen molar-refractivity contribution in [2.45, 2.75) is 19.0 Å². The largest absolute Gasteiger partial charge is 0.362 e. The molecule has 0 unspecified atom stereocenters. The molecule has 0 saturated heterocycles. The molecule has 1 N–H and O–H groups in total. The fourth-order valence-corrected chi connectivity index (χ4v) is 3.43. The molecule has 0 aliphatic heterocycles. The van der Waals surface area contributed by atoms with Gasteiger partial charge >= 0.3 is 0 Å². The Kier molecular flexibility index (Phi) is 4.78. The Morgan fingerprint density at radius 3 is 2.58 bits per heavy atom. The van der Waals surface area contributed by atoms with Crippen molar-refractivity contribution in [3.63, 3.8) is 0 Å². The molecule has 3 rings (SSSR count). The summed E-state index contributed by atoms with van der Waals surface area (Å²) in [4.78, 5) is 15.5. The second kappa shape index (κ2) is 6.83. The molecule has 0 spiro atoms. The molecule has 0 amide bonds. The van der Waals surface area contributed by atoms with E-state index in [0.717, 1.165) is 28.3 Å². The van der Waals surface area contributed by atoms with Gasteiger partial charge in [-0.25, -0.2) is 0 Å². The molecule has 5 nitrogen and oxygen atoms in total. The molecule has 124 valence electrons. The normalized spacial score (nSPS) is 11.0. The Labute approximate surface area is 149 Å². The van der Waals surface area contributed by atoms with Crippen molar-refractivity contribution in [1.82, 2.24) is 19.7 Å². The quantitative estimate of drug-likeness (QED) is 0.550. The van der Waals surface area contributed by atoms with E-state index in [1.54, 1.807) is 0 Å². The SMILES string of the molecule is Cc1cc(C(=O)CSc2nnc(-c3ccc(Cl)cc3)n2C)c(C)[nH]1. The Morgan fingerprint density at radius 1 is 1.25 bits per heavy atom. The summed E-state index contributed by atoms with van der Waals surface area (Å²) in [6.45, 7) is 3.85. The van der Waals surface area contributed by atoms with Gasteiger partial charge in [-0.1, -0.05) is 23.4 Å². The molecule has 0 bridgehead atoms. The summed E-state index contributed by atoms with van der Waals surface area (Å²) in [5.74, 6) is 1.15. The molecule has 7 heteroatoms. The first-order valence-electron chi connectivity index (χ1n) is 7.43. The van der Waals surface area contributed by atoms with Crippen LogP contribution in [-0.4, -0.2) is 31.3 Å². The van der Waals surface area contributed by atoms with Gasteiger partial charge in [0.2, 0.25) is 0 Å². The van der Waals surface area contributed by atoms with E-state index < -0.39 is 0 Å². The number of H-pyrrole nitrogens is 1. The number of carbonyl (C=O) groups excluding carboxylic acids is 1. The number of ketones is 1.